The van der Waals surface area contributed by atoms with Crippen LogP contribution in [-0.2, 0) is 17.8 Å². The summed E-state index contributed by atoms with van der Waals surface area (Å²) in [7, 11) is 1.65. The third kappa shape index (κ3) is 2.72. The summed E-state index contributed by atoms with van der Waals surface area (Å²) in [6.07, 6.45) is 1.96. The summed E-state index contributed by atoms with van der Waals surface area (Å²) >= 11 is 0. The number of fused-ring (bicyclic) bond motifs is 1. The maximum Gasteiger partial charge on any atom is 0.221 e. The second-order valence-electron chi connectivity index (χ2n) is 6.16. The Morgan fingerprint density at radius 1 is 1.42 bits per heavy atom. The number of nitrogens with one attached hydrogen (secondary N) is 1. The largest absolute Gasteiger partial charge is 0.359 e. The summed E-state index contributed by atoms with van der Waals surface area (Å²) in [6.45, 7) is 6.89. The van der Waals surface area contributed by atoms with Crippen LogP contribution in [0.15, 0.2) is 6.07 Å². The fraction of sp³-hybridized carbons (Fsp3) is 0.600. The number of carbonyl (C=O) groups is 2. The number of nitrogens with zero attached hydrogens (tertiary/aromatic N) is 1. The van der Waals surface area contributed by atoms with Crippen LogP contribution < -0.4 is 5.32 Å². The van der Waals surface area contributed by atoms with Crippen molar-refractivity contribution in [1.29, 1.82) is 0 Å². The summed E-state index contributed by atoms with van der Waals surface area (Å²) < 4.78 is 2.13. The molecule has 1 aromatic rings. The number of Topliss-reactive ketones (excluding diaryl/α,β-unsaturated/α-hetero) is 1. The van der Waals surface area contributed by atoms with Crippen LogP contribution in [0.1, 0.15) is 48.4 Å². The Hall–Kier alpha value is -1.58. The van der Waals surface area contributed by atoms with E-state index in [0.717, 1.165) is 23.4 Å². The summed E-state index contributed by atoms with van der Waals surface area (Å²) in [5, 5.41) is 2.63. The van der Waals surface area contributed by atoms with Gasteiger partial charge in [0.2, 0.25) is 5.91 Å². The van der Waals surface area contributed by atoms with Crippen molar-refractivity contribution in [3.8, 4) is 0 Å². The molecular weight excluding hydrogens is 240 g/mol. The van der Waals surface area contributed by atoms with Crippen molar-refractivity contribution >= 4 is 11.7 Å². The molecule has 19 heavy (non-hydrogen) atoms. The topological polar surface area (TPSA) is 51.1 Å². The molecule has 0 fully saturated rings. The molecule has 104 valence electrons. The smallest absolute Gasteiger partial charge is 0.221 e. The molecule has 4 heteroatoms. The van der Waals surface area contributed by atoms with E-state index in [1.165, 1.54) is 0 Å². The van der Waals surface area contributed by atoms with Gasteiger partial charge in [-0.25, -0.2) is 0 Å². The van der Waals surface area contributed by atoms with Crippen LogP contribution in [0.25, 0.3) is 0 Å². The Labute approximate surface area is 114 Å². The fourth-order valence-corrected chi connectivity index (χ4v) is 2.86. The number of hydrogen-bond donors (Lipinski definition) is 1. The molecule has 2 rings (SSSR count). The first-order valence-electron chi connectivity index (χ1n) is 6.77. The number of carbonyl (C=O) groups excluding carboxylic acids is 2. The lowest BCUT2D eigenvalue weighted by molar-refractivity contribution is -0.120. The molecule has 0 saturated carbocycles. The van der Waals surface area contributed by atoms with Crippen LogP contribution in [0.4, 0.5) is 0 Å². The second-order valence-corrected chi connectivity index (χ2v) is 6.16. The van der Waals surface area contributed by atoms with Gasteiger partial charge in [-0.05, 0) is 24.8 Å². The Balaban J connectivity index is 2.31. The fourth-order valence-electron chi connectivity index (χ4n) is 2.86. The molecule has 0 saturated heterocycles. The quantitative estimate of drug-likeness (QED) is 0.906. The maximum atomic E-state index is 12.2. The van der Waals surface area contributed by atoms with Gasteiger partial charge >= 0.3 is 0 Å². The van der Waals surface area contributed by atoms with Crippen LogP contribution in [0.3, 0.4) is 0 Å². The third-order valence-electron chi connectivity index (χ3n) is 3.84. The lowest BCUT2D eigenvalue weighted by Crippen LogP contribution is -2.28. The number of hydrogen-bond acceptors (Lipinski definition) is 2. The van der Waals surface area contributed by atoms with Crippen molar-refractivity contribution in [2.24, 2.45) is 5.41 Å². The van der Waals surface area contributed by atoms with Crippen molar-refractivity contribution in [3.63, 3.8) is 0 Å². The van der Waals surface area contributed by atoms with Gasteiger partial charge in [-0.15, -0.1) is 0 Å². The maximum absolute atomic E-state index is 12.2. The zero-order valence-electron chi connectivity index (χ0n) is 12.2. The Morgan fingerprint density at radius 3 is 2.74 bits per heavy atom. The molecule has 1 aliphatic carbocycles. The number of aromatic nitrogens is 1. The number of amides is 1. The van der Waals surface area contributed by atoms with Crippen LogP contribution in [0.5, 0.6) is 0 Å². The van der Waals surface area contributed by atoms with Gasteiger partial charge in [0.25, 0.3) is 0 Å². The van der Waals surface area contributed by atoms with Crippen molar-refractivity contribution in [2.45, 2.75) is 46.6 Å². The minimum atomic E-state index is 0.0135. The zero-order chi connectivity index (χ0) is 14.2. The Bertz CT molecular complexity index is 526. The molecule has 0 atom stereocenters. The van der Waals surface area contributed by atoms with Crippen molar-refractivity contribution in [1.82, 2.24) is 9.88 Å². The molecule has 0 spiro atoms. The van der Waals surface area contributed by atoms with E-state index >= 15 is 0 Å². The van der Waals surface area contributed by atoms with Gasteiger partial charge in [0, 0.05) is 43.4 Å². The lowest BCUT2D eigenvalue weighted by atomic mass is 9.76. The highest BCUT2D eigenvalue weighted by atomic mass is 16.1. The molecule has 0 unspecified atom stereocenters. The van der Waals surface area contributed by atoms with E-state index in [-0.39, 0.29) is 17.1 Å². The summed E-state index contributed by atoms with van der Waals surface area (Å²) in [5.74, 6) is 0.260. The molecule has 1 aromatic heterocycles. The monoisotopic (exact) mass is 262 g/mol. The number of aryl methyl sites for hydroxylation is 1. The van der Waals surface area contributed by atoms with E-state index in [1.54, 1.807) is 7.05 Å². The SMILES string of the molecule is CNC(=O)CCn1c(C)cc2c1CC(C)(C)CC2=O. The number of ketones is 1. The molecule has 0 bridgehead atoms. The second kappa shape index (κ2) is 4.83. The highest BCUT2D eigenvalue weighted by molar-refractivity contribution is 5.99. The molecule has 1 amide bonds. The number of rotatable bonds is 3. The standard InChI is InChI=1S/C15H22N2O2/c1-10-7-11-12(8-15(2,3)9-13(11)18)17(10)6-5-14(19)16-4/h7H,5-6,8-9H2,1-4H3,(H,16,19). The van der Waals surface area contributed by atoms with Crippen LogP contribution in [0, 0.1) is 12.3 Å². The zero-order valence-corrected chi connectivity index (χ0v) is 12.2. The molecule has 1 heterocycles. The Morgan fingerprint density at radius 2 is 2.11 bits per heavy atom. The van der Waals surface area contributed by atoms with Crippen LogP contribution in [-0.4, -0.2) is 23.3 Å². The van der Waals surface area contributed by atoms with E-state index in [9.17, 15) is 9.59 Å². The van der Waals surface area contributed by atoms with Gasteiger partial charge < -0.3 is 9.88 Å². The van der Waals surface area contributed by atoms with Crippen molar-refractivity contribution in [3.05, 3.63) is 23.0 Å². The molecule has 1 N–H and O–H groups in total. The van der Waals surface area contributed by atoms with Gasteiger partial charge in [0.05, 0.1) is 0 Å². The average molecular weight is 262 g/mol. The molecule has 4 nitrogen and oxygen atoms in total. The van der Waals surface area contributed by atoms with Crippen LogP contribution in [0.2, 0.25) is 0 Å². The first kappa shape index (κ1) is 13.8. The van der Waals surface area contributed by atoms with Gasteiger partial charge in [-0.3, -0.25) is 9.59 Å². The van der Waals surface area contributed by atoms with E-state index in [0.29, 0.717) is 19.4 Å². The minimum Gasteiger partial charge on any atom is -0.359 e. The summed E-state index contributed by atoms with van der Waals surface area (Å²) in [5.41, 5.74) is 3.04. The summed E-state index contributed by atoms with van der Waals surface area (Å²) in [4.78, 5) is 23.6. The first-order chi connectivity index (χ1) is 8.84. The van der Waals surface area contributed by atoms with Gasteiger partial charge in [0.1, 0.15) is 0 Å². The third-order valence-corrected chi connectivity index (χ3v) is 3.84. The predicted octanol–water partition coefficient (Wildman–Crippen LogP) is 2.09. The van der Waals surface area contributed by atoms with Crippen LogP contribution >= 0.6 is 0 Å². The molecular formula is C15H22N2O2. The predicted molar refractivity (Wildman–Crippen MR) is 74.3 cm³/mol. The average Bonchev–Trinajstić information content (AvgIpc) is 2.61. The minimum absolute atomic E-state index is 0.0135. The molecule has 0 radical (unpaired) electrons. The van der Waals surface area contributed by atoms with Gasteiger partial charge in [-0.1, -0.05) is 13.8 Å². The molecule has 1 aliphatic rings. The van der Waals surface area contributed by atoms with E-state index < -0.39 is 0 Å². The van der Waals surface area contributed by atoms with E-state index in [4.69, 9.17) is 0 Å². The van der Waals surface area contributed by atoms with Crippen molar-refractivity contribution < 1.29 is 9.59 Å². The highest BCUT2D eigenvalue weighted by Crippen LogP contribution is 2.36. The van der Waals surface area contributed by atoms with E-state index in [2.05, 4.69) is 23.7 Å². The lowest BCUT2D eigenvalue weighted by Gasteiger charge is -2.29. The highest BCUT2D eigenvalue weighted by Gasteiger charge is 2.33. The van der Waals surface area contributed by atoms with E-state index in [1.807, 2.05) is 13.0 Å². The molecule has 0 aliphatic heterocycles. The van der Waals surface area contributed by atoms with Gasteiger partial charge in [-0.2, -0.15) is 0 Å². The molecule has 0 aromatic carbocycles. The van der Waals surface area contributed by atoms with Gasteiger partial charge in [0.15, 0.2) is 5.78 Å². The first-order valence-corrected chi connectivity index (χ1v) is 6.77. The summed E-state index contributed by atoms with van der Waals surface area (Å²) in [6, 6.07) is 1.97. The van der Waals surface area contributed by atoms with Crippen molar-refractivity contribution in [2.75, 3.05) is 7.05 Å². The Kier molecular flexibility index (Phi) is 3.52. The normalized spacial score (nSPS) is 17.2.